The van der Waals surface area contributed by atoms with Crippen molar-refractivity contribution < 1.29 is 14.3 Å². The summed E-state index contributed by atoms with van der Waals surface area (Å²) < 4.78 is 7.05. The van der Waals surface area contributed by atoms with Crippen molar-refractivity contribution in [3.63, 3.8) is 0 Å². The number of carbonyl (C=O) groups is 2. The first-order chi connectivity index (χ1) is 14.0. The lowest BCUT2D eigenvalue weighted by Gasteiger charge is -2.32. The van der Waals surface area contributed by atoms with E-state index in [1.165, 1.54) is 4.90 Å². The quantitative estimate of drug-likeness (QED) is 0.703. The molecule has 160 valence electrons. The zero-order valence-electron chi connectivity index (χ0n) is 17.5. The van der Waals surface area contributed by atoms with Crippen molar-refractivity contribution in [3.05, 3.63) is 57.3 Å². The number of ether oxygens (including phenoxy) is 1. The van der Waals surface area contributed by atoms with E-state index in [0.29, 0.717) is 21.3 Å². The van der Waals surface area contributed by atoms with Gasteiger partial charge in [-0.25, -0.2) is 4.68 Å². The SMILES string of the molecule is CC1=C(C(=O)N(C)CC(=O)OC(C)(C)C)C(c2ccc(Cl)c(Cl)c2)n2nccc2N1. The van der Waals surface area contributed by atoms with Crippen LogP contribution in [0.2, 0.25) is 10.0 Å². The van der Waals surface area contributed by atoms with Crippen LogP contribution in [0.15, 0.2) is 41.7 Å². The van der Waals surface area contributed by atoms with Crippen LogP contribution in [0.1, 0.15) is 39.3 Å². The Balaban J connectivity index is 1.97. The summed E-state index contributed by atoms with van der Waals surface area (Å²) in [6, 6.07) is 6.51. The second-order valence-electron chi connectivity index (χ2n) is 8.15. The minimum absolute atomic E-state index is 0.174. The van der Waals surface area contributed by atoms with Crippen LogP contribution in [0.3, 0.4) is 0 Å². The Morgan fingerprint density at radius 1 is 1.23 bits per heavy atom. The van der Waals surface area contributed by atoms with Gasteiger partial charge in [0, 0.05) is 18.8 Å². The maximum atomic E-state index is 13.4. The molecule has 0 spiro atoms. The molecule has 1 aromatic carbocycles. The van der Waals surface area contributed by atoms with Crippen LogP contribution >= 0.6 is 23.2 Å². The normalized spacial score (nSPS) is 16.0. The highest BCUT2D eigenvalue weighted by molar-refractivity contribution is 6.42. The molecule has 2 aromatic rings. The van der Waals surface area contributed by atoms with Gasteiger partial charge in [0.15, 0.2) is 0 Å². The van der Waals surface area contributed by atoms with Crippen molar-refractivity contribution in [1.29, 1.82) is 0 Å². The average Bonchev–Trinajstić information content (AvgIpc) is 3.08. The van der Waals surface area contributed by atoms with Crippen LogP contribution in [-0.4, -0.2) is 45.8 Å². The van der Waals surface area contributed by atoms with E-state index in [9.17, 15) is 9.59 Å². The number of halogens is 2. The minimum atomic E-state index is -0.630. The number of allylic oxidation sites excluding steroid dienone is 1. The molecule has 3 rings (SSSR count). The summed E-state index contributed by atoms with van der Waals surface area (Å²) in [5, 5.41) is 8.39. The van der Waals surface area contributed by atoms with E-state index in [-0.39, 0.29) is 12.5 Å². The minimum Gasteiger partial charge on any atom is -0.459 e. The third kappa shape index (κ3) is 4.63. The Morgan fingerprint density at radius 3 is 2.57 bits per heavy atom. The zero-order valence-corrected chi connectivity index (χ0v) is 19.0. The van der Waals surface area contributed by atoms with E-state index in [0.717, 1.165) is 11.4 Å². The first-order valence-electron chi connectivity index (χ1n) is 9.41. The second-order valence-corrected chi connectivity index (χ2v) is 8.96. The zero-order chi connectivity index (χ0) is 22.2. The van der Waals surface area contributed by atoms with Crippen LogP contribution in [0.25, 0.3) is 0 Å². The largest absolute Gasteiger partial charge is 0.459 e. The number of hydrogen-bond acceptors (Lipinski definition) is 5. The van der Waals surface area contributed by atoms with E-state index >= 15 is 0 Å². The molecule has 1 unspecified atom stereocenters. The Hall–Kier alpha value is -2.51. The molecule has 1 atom stereocenters. The van der Waals surface area contributed by atoms with Crippen LogP contribution in [0.4, 0.5) is 5.82 Å². The summed E-state index contributed by atoms with van der Waals surface area (Å²) in [5.74, 6) is -0.0516. The molecule has 0 radical (unpaired) electrons. The molecule has 1 aromatic heterocycles. The van der Waals surface area contributed by atoms with E-state index < -0.39 is 17.6 Å². The number of anilines is 1. The standard InChI is InChI=1S/C21H24Cl2N4O3/c1-12-18(20(29)26(5)11-17(28)30-21(2,3)4)19(27-16(25-12)8-9-24-27)13-6-7-14(22)15(23)10-13/h6-10,19,25H,11H2,1-5H3. The number of fused-ring (bicyclic) bond motifs is 1. The number of amides is 1. The van der Waals surface area contributed by atoms with Crippen molar-refractivity contribution in [3.8, 4) is 0 Å². The van der Waals surface area contributed by atoms with Gasteiger partial charge in [-0.05, 0) is 45.4 Å². The fourth-order valence-corrected chi connectivity index (χ4v) is 3.62. The highest BCUT2D eigenvalue weighted by Gasteiger charge is 2.35. The van der Waals surface area contributed by atoms with Gasteiger partial charge >= 0.3 is 5.97 Å². The maximum Gasteiger partial charge on any atom is 0.326 e. The van der Waals surface area contributed by atoms with E-state index in [1.807, 2.05) is 19.1 Å². The van der Waals surface area contributed by atoms with Gasteiger partial charge in [-0.15, -0.1) is 0 Å². The molecule has 1 amide bonds. The lowest BCUT2D eigenvalue weighted by molar-refractivity contribution is -0.157. The maximum absolute atomic E-state index is 13.4. The number of nitrogens with one attached hydrogen (secondary N) is 1. The molecule has 1 N–H and O–H groups in total. The Labute approximate surface area is 185 Å². The predicted octanol–water partition coefficient (Wildman–Crippen LogP) is 4.28. The van der Waals surface area contributed by atoms with Gasteiger partial charge in [0.1, 0.15) is 24.0 Å². The molecule has 2 heterocycles. The van der Waals surface area contributed by atoms with Crippen LogP contribution < -0.4 is 5.32 Å². The molecule has 0 aliphatic carbocycles. The van der Waals surface area contributed by atoms with Crippen molar-refractivity contribution in [2.75, 3.05) is 18.9 Å². The molecule has 1 aliphatic rings. The third-order valence-corrected chi connectivity index (χ3v) is 5.27. The Bertz CT molecular complexity index is 1020. The number of benzene rings is 1. The van der Waals surface area contributed by atoms with E-state index in [4.69, 9.17) is 27.9 Å². The fourth-order valence-electron chi connectivity index (χ4n) is 3.32. The van der Waals surface area contributed by atoms with Crippen LogP contribution in [0, 0.1) is 0 Å². The summed E-state index contributed by atoms with van der Waals surface area (Å²) in [4.78, 5) is 27.0. The number of rotatable bonds is 4. The average molecular weight is 451 g/mol. The van der Waals surface area contributed by atoms with Crippen molar-refractivity contribution in [1.82, 2.24) is 14.7 Å². The number of esters is 1. The molecule has 0 bridgehead atoms. The molecule has 0 fully saturated rings. The summed E-state index contributed by atoms with van der Waals surface area (Å²) in [7, 11) is 1.57. The molecule has 1 aliphatic heterocycles. The van der Waals surface area contributed by atoms with Crippen LogP contribution in [-0.2, 0) is 14.3 Å². The first kappa shape index (κ1) is 22.2. The lowest BCUT2D eigenvalue weighted by atomic mass is 9.94. The lowest BCUT2D eigenvalue weighted by Crippen LogP contribution is -2.40. The molecule has 7 nitrogen and oxygen atoms in total. The third-order valence-electron chi connectivity index (χ3n) is 4.53. The van der Waals surface area contributed by atoms with Gasteiger partial charge in [-0.3, -0.25) is 9.59 Å². The Morgan fingerprint density at radius 2 is 1.93 bits per heavy atom. The monoisotopic (exact) mass is 450 g/mol. The van der Waals surface area contributed by atoms with Crippen molar-refractivity contribution >= 4 is 40.9 Å². The van der Waals surface area contributed by atoms with E-state index in [1.54, 1.807) is 50.8 Å². The first-order valence-corrected chi connectivity index (χ1v) is 10.2. The van der Waals surface area contributed by atoms with Gasteiger partial charge < -0.3 is 15.0 Å². The van der Waals surface area contributed by atoms with Gasteiger partial charge in [0.2, 0.25) is 0 Å². The molecule has 9 heteroatoms. The van der Waals surface area contributed by atoms with Crippen molar-refractivity contribution in [2.24, 2.45) is 0 Å². The van der Waals surface area contributed by atoms with Gasteiger partial charge in [-0.1, -0.05) is 29.3 Å². The number of aromatic nitrogens is 2. The summed E-state index contributed by atoms with van der Waals surface area (Å²) in [5.41, 5.74) is 1.25. The number of hydrogen-bond donors (Lipinski definition) is 1. The van der Waals surface area contributed by atoms with E-state index in [2.05, 4.69) is 10.4 Å². The smallest absolute Gasteiger partial charge is 0.326 e. The molecule has 0 saturated heterocycles. The predicted molar refractivity (Wildman–Crippen MR) is 117 cm³/mol. The Kier molecular flexibility index (Phi) is 6.15. The number of nitrogens with zero attached hydrogens (tertiary/aromatic N) is 3. The topological polar surface area (TPSA) is 76.5 Å². The molecule has 30 heavy (non-hydrogen) atoms. The second kappa shape index (κ2) is 8.32. The highest BCUT2D eigenvalue weighted by Crippen LogP contribution is 2.38. The van der Waals surface area contributed by atoms with Crippen molar-refractivity contribution in [2.45, 2.75) is 39.3 Å². The summed E-state index contributed by atoms with van der Waals surface area (Å²) >= 11 is 12.3. The molecule has 0 saturated carbocycles. The van der Waals surface area contributed by atoms with Gasteiger partial charge in [0.25, 0.3) is 5.91 Å². The molecular formula is C21H24Cl2N4O3. The number of likely N-dealkylation sites (N-methyl/N-ethyl adjacent to an activating group) is 1. The summed E-state index contributed by atoms with van der Waals surface area (Å²) in [6.45, 7) is 6.99. The molecular weight excluding hydrogens is 427 g/mol. The number of carbonyl (C=O) groups excluding carboxylic acids is 2. The summed E-state index contributed by atoms with van der Waals surface area (Å²) in [6.07, 6.45) is 1.65. The van der Waals surface area contributed by atoms with Gasteiger partial charge in [0.05, 0.1) is 21.8 Å². The fraction of sp³-hybridized carbons (Fsp3) is 0.381. The highest BCUT2D eigenvalue weighted by atomic mass is 35.5. The van der Waals surface area contributed by atoms with Gasteiger partial charge in [-0.2, -0.15) is 5.10 Å². The van der Waals surface area contributed by atoms with Crippen LogP contribution in [0.5, 0.6) is 0 Å².